The van der Waals surface area contributed by atoms with Gasteiger partial charge in [-0.15, -0.1) is 0 Å². The van der Waals surface area contributed by atoms with Crippen molar-refractivity contribution in [2.45, 2.75) is 57.3 Å². The molecule has 0 aromatic heterocycles. The number of carboxylic acids is 1. The fourth-order valence-electron chi connectivity index (χ4n) is 2.13. The van der Waals surface area contributed by atoms with Crippen LogP contribution in [0, 0.1) is 0 Å². The van der Waals surface area contributed by atoms with Crippen LogP contribution in [0.2, 0.25) is 0 Å². The van der Waals surface area contributed by atoms with Gasteiger partial charge < -0.3 is 44.0 Å². The highest BCUT2D eigenvalue weighted by molar-refractivity contribution is 5.96. The van der Waals surface area contributed by atoms with Crippen molar-refractivity contribution in [1.82, 2.24) is 16.0 Å². The van der Waals surface area contributed by atoms with E-state index in [1.807, 2.05) is 0 Å². The second-order valence-corrected chi connectivity index (χ2v) is 6.60. The van der Waals surface area contributed by atoms with E-state index in [2.05, 4.69) is 20.9 Å². The van der Waals surface area contributed by atoms with E-state index in [-0.39, 0.29) is 25.3 Å². The topological polar surface area (TPSA) is 258 Å². The summed E-state index contributed by atoms with van der Waals surface area (Å²) in [4.78, 5) is 62.8. The summed E-state index contributed by atoms with van der Waals surface area (Å²) in [6.45, 7) is 2.78. The first-order valence-electron chi connectivity index (χ1n) is 9.08. The van der Waals surface area contributed by atoms with Gasteiger partial charge in [0.25, 0.3) is 0 Å². The van der Waals surface area contributed by atoms with Crippen LogP contribution in [0.1, 0.15) is 33.1 Å². The van der Waals surface area contributed by atoms with Crippen LogP contribution in [0.4, 0.5) is 0 Å². The Bertz CT molecular complexity index is 677. The third-order valence-corrected chi connectivity index (χ3v) is 3.76. The van der Waals surface area contributed by atoms with Crippen LogP contribution in [0.15, 0.2) is 4.99 Å². The van der Waals surface area contributed by atoms with E-state index in [0.717, 1.165) is 0 Å². The number of nitrogens with two attached hydrogens (primary N) is 4. The largest absolute Gasteiger partial charge is 0.480 e. The molecule has 4 atom stereocenters. The number of aliphatic imine (C=N–C) groups is 1. The highest BCUT2D eigenvalue weighted by Crippen LogP contribution is 2.02. The number of carbonyl (C=O) groups excluding carboxylic acids is 4. The Morgan fingerprint density at radius 2 is 1.43 bits per heavy atom. The lowest BCUT2D eigenvalue weighted by molar-refractivity contribution is -0.142. The third kappa shape index (κ3) is 10.8. The molecule has 12 N–H and O–H groups in total. The summed E-state index contributed by atoms with van der Waals surface area (Å²) in [6, 6.07) is -4.72. The van der Waals surface area contributed by atoms with Gasteiger partial charge in [0.1, 0.15) is 18.1 Å². The van der Waals surface area contributed by atoms with E-state index in [1.54, 1.807) is 0 Å². The van der Waals surface area contributed by atoms with Crippen molar-refractivity contribution in [3.63, 3.8) is 0 Å². The molecule has 0 heterocycles. The fraction of sp³-hybridized carbons (Fsp3) is 0.625. The normalized spacial score (nSPS) is 14.4. The zero-order valence-corrected chi connectivity index (χ0v) is 16.9. The van der Waals surface area contributed by atoms with Crippen molar-refractivity contribution in [2.24, 2.45) is 27.9 Å². The first kappa shape index (κ1) is 26.6. The molecule has 0 aliphatic rings. The highest BCUT2D eigenvalue weighted by atomic mass is 16.4. The lowest BCUT2D eigenvalue weighted by atomic mass is 10.1. The smallest absolute Gasteiger partial charge is 0.325 e. The maximum absolute atomic E-state index is 12.6. The Morgan fingerprint density at radius 3 is 1.90 bits per heavy atom. The number of aliphatic carboxylic acids is 1. The summed E-state index contributed by atoms with van der Waals surface area (Å²) in [5, 5.41) is 15.8. The lowest BCUT2D eigenvalue weighted by Gasteiger charge is -2.23. The minimum Gasteiger partial charge on any atom is -0.480 e. The van der Waals surface area contributed by atoms with Crippen LogP contribution in [-0.4, -0.2) is 71.4 Å². The zero-order chi connectivity index (χ0) is 23.4. The van der Waals surface area contributed by atoms with E-state index in [4.69, 9.17) is 28.0 Å². The van der Waals surface area contributed by atoms with Crippen LogP contribution < -0.4 is 38.9 Å². The van der Waals surface area contributed by atoms with Crippen LogP contribution in [0.25, 0.3) is 0 Å². The maximum Gasteiger partial charge on any atom is 0.325 e. The van der Waals surface area contributed by atoms with Crippen LogP contribution in [0.3, 0.4) is 0 Å². The minimum atomic E-state index is -1.37. The molecule has 14 nitrogen and oxygen atoms in total. The quantitative estimate of drug-likeness (QED) is 0.0799. The molecular formula is C16H30N8O6. The van der Waals surface area contributed by atoms with Crippen molar-refractivity contribution in [3.8, 4) is 0 Å². The summed E-state index contributed by atoms with van der Waals surface area (Å²) < 4.78 is 0. The fourth-order valence-corrected chi connectivity index (χ4v) is 2.13. The lowest BCUT2D eigenvalue weighted by Crippen LogP contribution is -2.57. The van der Waals surface area contributed by atoms with E-state index in [0.29, 0.717) is 0 Å². The molecule has 14 heteroatoms. The molecule has 0 spiro atoms. The number of guanidine groups is 1. The van der Waals surface area contributed by atoms with E-state index in [9.17, 15) is 24.0 Å². The number of nitrogens with zero attached hydrogens (tertiary/aromatic N) is 1. The Labute approximate surface area is 173 Å². The number of amides is 4. The Hall–Kier alpha value is -3.42. The average molecular weight is 430 g/mol. The molecule has 0 aliphatic heterocycles. The predicted octanol–water partition coefficient (Wildman–Crippen LogP) is -4.18. The molecule has 4 unspecified atom stereocenters. The van der Waals surface area contributed by atoms with Crippen molar-refractivity contribution in [3.05, 3.63) is 0 Å². The van der Waals surface area contributed by atoms with Gasteiger partial charge in [-0.1, -0.05) is 0 Å². The van der Waals surface area contributed by atoms with Gasteiger partial charge in [-0.05, 0) is 26.7 Å². The molecule has 4 amide bonds. The van der Waals surface area contributed by atoms with Gasteiger partial charge in [-0.3, -0.25) is 29.0 Å². The number of primary amides is 1. The van der Waals surface area contributed by atoms with E-state index < -0.39 is 60.2 Å². The molecule has 30 heavy (non-hydrogen) atoms. The number of hydrogen-bond acceptors (Lipinski definition) is 7. The molecular weight excluding hydrogens is 400 g/mol. The molecule has 170 valence electrons. The summed E-state index contributed by atoms with van der Waals surface area (Å²) in [6.07, 6.45) is -0.215. The zero-order valence-electron chi connectivity index (χ0n) is 16.9. The third-order valence-electron chi connectivity index (χ3n) is 3.76. The molecule has 0 aromatic carbocycles. The number of rotatable bonds is 13. The van der Waals surface area contributed by atoms with Crippen LogP contribution in [0.5, 0.6) is 0 Å². The maximum atomic E-state index is 12.6. The SMILES string of the molecule is CC(N)C(=O)NC(CC(N)=O)C(=O)NC(CCCN=C(N)N)C(=O)NC(C)C(=O)O. The Kier molecular flexibility index (Phi) is 11.5. The van der Waals surface area contributed by atoms with Crippen molar-refractivity contribution in [1.29, 1.82) is 0 Å². The number of carbonyl (C=O) groups is 5. The molecule has 0 radical (unpaired) electrons. The van der Waals surface area contributed by atoms with Crippen molar-refractivity contribution >= 4 is 35.6 Å². The minimum absolute atomic E-state index is 0.0468. The van der Waals surface area contributed by atoms with E-state index >= 15 is 0 Å². The summed E-state index contributed by atoms with van der Waals surface area (Å²) in [5.74, 6) is -4.64. The van der Waals surface area contributed by atoms with Gasteiger partial charge in [-0.2, -0.15) is 0 Å². The molecule has 0 aliphatic carbocycles. The number of carboxylic acid groups (broad SMARTS) is 1. The Balaban J connectivity index is 5.36. The highest BCUT2D eigenvalue weighted by Gasteiger charge is 2.29. The summed E-state index contributed by atoms with van der Waals surface area (Å²) in [7, 11) is 0. The van der Waals surface area contributed by atoms with Gasteiger partial charge in [0.15, 0.2) is 5.96 Å². The second-order valence-electron chi connectivity index (χ2n) is 6.60. The predicted molar refractivity (Wildman–Crippen MR) is 106 cm³/mol. The standard InChI is InChI=1S/C16H30N8O6/c1-7(17)12(26)24-10(6-11(18)25)14(28)23-9(4-3-5-21-16(19)20)13(27)22-8(2)15(29)30/h7-10H,3-6,17H2,1-2H3,(H2,18,25)(H,22,27)(H,23,28)(H,24,26)(H,29,30)(H4,19,20,21). The molecule has 0 aromatic rings. The molecule has 0 saturated carbocycles. The molecule has 0 fully saturated rings. The Morgan fingerprint density at radius 1 is 0.900 bits per heavy atom. The van der Waals surface area contributed by atoms with Crippen LogP contribution >= 0.6 is 0 Å². The van der Waals surface area contributed by atoms with Gasteiger partial charge in [-0.25, -0.2) is 0 Å². The molecule has 0 bridgehead atoms. The molecule has 0 rings (SSSR count). The van der Waals surface area contributed by atoms with Crippen molar-refractivity contribution < 1.29 is 29.1 Å². The van der Waals surface area contributed by atoms with Gasteiger partial charge in [0.2, 0.25) is 23.6 Å². The van der Waals surface area contributed by atoms with Gasteiger partial charge >= 0.3 is 5.97 Å². The first-order chi connectivity index (χ1) is 13.8. The monoisotopic (exact) mass is 430 g/mol. The number of hydrogen-bond donors (Lipinski definition) is 8. The van der Waals surface area contributed by atoms with E-state index in [1.165, 1.54) is 13.8 Å². The van der Waals surface area contributed by atoms with Gasteiger partial charge in [0.05, 0.1) is 12.5 Å². The summed E-state index contributed by atoms with van der Waals surface area (Å²) in [5.41, 5.74) is 21.0. The average Bonchev–Trinajstić information content (AvgIpc) is 2.62. The summed E-state index contributed by atoms with van der Waals surface area (Å²) >= 11 is 0. The van der Waals surface area contributed by atoms with Crippen molar-refractivity contribution in [2.75, 3.05) is 6.54 Å². The first-order valence-corrected chi connectivity index (χ1v) is 9.08. The molecule has 0 saturated heterocycles. The number of nitrogens with one attached hydrogen (secondary N) is 3. The van der Waals surface area contributed by atoms with Gasteiger partial charge in [0, 0.05) is 6.54 Å². The van der Waals surface area contributed by atoms with Crippen LogP contribution in [-0.2, 0) is 24.0 Å². The second kappa shape index (κ2) is 12.9.